The molecule has 1 rings (SSSR count). The van der Waals surface area contributed by atoms with E-state index in [-0.39, 0.29) is 24.5 Å². The summed E-state index contributed by atoms with van der Waals surface area (Å²) in [6.07, 6.45) is 0.0225. The Balaban J connectivity index is 2.54. The first-order chi connectivity index (χ1) is 8.56. The SMILES string of the molecule is COC(CN)CC(=O)N[C@H](C)c1cccc(Cl)c1. The van der Waals surface area contributed by atoms with Crippen LogP contribution < -0.4 is 11.1 Å². The summed E-state index contributed by atoms with van der Waals surface area (Å²) < 4.78 is 5.07. The molecular weight excluding hydrogens is 252 g/mol. The highest BCUT2D eigenvalue weighted by molar-refractivity contribution is 6.30. The second kappa shape index (κ2) is 7.36. The van der Waals surface area contributed by atoms with Crippen molar-refractivity contribution < 1.29 is 9.53 Å². The molecule has 0 aliphatic heterocycles. The minimum absolute atomic E-state index is 0.0835. The number of hydrogen-bond donors (Lipinski definition) is 2. The van der Waals surface area contributed by atoms with Gasteiger partial charge >= 0.3 is 0 Å². The third-order valence-corrected chi connectivity index (χ3v) is 2.97. The lowest BCUT2D eigenvalue weighted by Crippen LogP contribution is -2.33. The van der Waals surface area contributed by atoms with Crippen molar-refractivity contribution in [3.63, 3.8) is 0 Å². The standard InChI is InChI=1S/C13H19ClN2O2/c1-9(10-4-3-5-11(14)6-10)16-13(17)7-12(8-15)18-2/h3-6,9,12H,7-8,15H2,1-2H3,(H,16,17)/t9-,12?/m1/s1. The summed E-state index contributed by atoms with van der Waals surface area (Å²) in [5.74, 6) is -0.0835. The fraction of sp³-hybridized carbons (Fsp3) is 0.462. The van der Waals surface area contributed by atoms with E-state index < -0.39 is 0 Å². The first kappa shape index (κ1) is 15.0. The van der Waals surface area contributed by atoms with Gasteiger partial charge in [0.05, 0.1) is 18.6 Å². The fourth-order valence-electron chi connectivity index (χ4n) is 1.63. The maximum atomic E-state index is 11.8. The largest absolute Gasteiger partial charge is 0.380 e. The van der Waals surface area contributed by atoms with Gasteiger partial charge in [0.25, 0.3) is 0 Å². The van der Waals surface area contributed by atoms with Crippen LogP contribution in [0.5, 0.6) is 0 Å². The first-order valence-electron chi connectivity index (χ1n) is 5.84. The Morgan fingerprint density at radius 3 is 2.83 bits per heavy atom. The van der Waals surface area contributed by atoms with Gasteiger partial charge in [-0.3, -0.25) is 4.79 Å². The van der Waals surface area contributed by atoms with Crippen LogP contribution in [-0.2, 0) is 9.53 Å². The zero-order valence-electron chi connectivity index (χ0n) is 10.7. The molecule has 0 saturated carbocycles. The Bertz CT molecular complexity index is 394. The van der Waals surface area contributed by atoms with Crippen LogP contribution in [0, 0.1) is 0 Å². The third-order valence-electron chi connectivity index (χ3n) is 2.74. The lowest BCUT2D eigenvalue weighted by atomic mass is 10.1. The van der Waals surface area contributed by atoms with Gasteiger partial charge in [0.1, 0.15) is 0 Å². The molecule has 0 aliphatic rings. The molecule has 100 valence electrons. The van der Waals surface area contributed by atoms with E-state index in [1.54, 1.807) is 13.2 Å². The highest BCUT2D eigenvalue weighted by atomic mass is 35.5. The molecule has 0 bridgehead atoms. The van der Waals surface area contributed by atoms with Gasteiger partial charge in [-0.25, -0.2) is 0 Å². The number of carbonyl (C=O) groups is 1. The number of amides is 1. The summed E-state index contributed by atoms with van der Waals surface area (Å²) in [7, 11) is 1.55. The molecule has 0 spiro atoms. The molecule has 4 nitrogen and oxygen atoms in total. The number of rotatable bonds is 6. The Morgan fingerprint density at radius 2 is 2.28 bits per heavy atom. The normalized spacial score (nSPS) is 14.0. The van der Waals surface area contributed by atoms with E-state index in [2.05, 4.69) is 5.32 Å². The monoisotopic (exact) mass is 270 g/mol. The average molecular weight is 271 g/mol. The molecule has 0 aromatic heterocycles. The molecule has 5 heteroatoms. The number of halogens is 1. The van der Waals surface area contributed by atoms with Gasteiger partial charge in [-0.05, 0) is 24.6 Å². The average Bonchev–Trinajstić information content (AvgIpc) is 2.35. The van der Waals surface area contributed by atoms with E-state index in [1.165, 1.54) is 0 Å². The van der Waals surface area contributed by atoms with E-state index in [9.17, 15) is 4.79 Å². The maximum Gasteiger partial charge on any atom is 0.223 e. The zero-order chi connectivity index (χ0) is 13.5. The summed E-state index contributed by atoms with van der Waals surface area (Å²) in [6, 6.07) is 7.33. The lowest BCUT2D eigenvalue weighted by molar-refractivity contribution is -0.124. The third kappa shape index (κ3) is 4.64. The van der Waals surface area contributed by atoms with Crippen molar-refractivity contribution in [3.05, 3.63) is 34.9 Å². The van der Waals surface area contributed by atoms with Crippen LogP contribution in [0.2, 0.25) is 5.02 Å². The summed E-state index contributed by atoms with van der Waals surface area (Å²) in [5, 5.41) is 3.55. The summed E-state index contributed by atoms with van der Waals surface area (Å²) >= 11 is 5.91. The molecular formula is C13H19ClN2O2. The molecule has 0 heterocycles. The number of nitrogens with one attached hydrogen (secondary N) is 1. The highest BCUT2D eigenvalue weighted by Gasteiger charge is 2.14. The number of hydrogen-bond acceptors (Lipinski definition) is 3. The van der Waals surface area contributed by atoms with Crippen LogP contribution in [0.25, 0.3) is 0 Å². The van der Waals surface area contributed by atoms with Crippen molar-refractivity contribution in [2.75, 3.05) is 13.7 Å². The van der Waals surface area contributed by atoms with Crippen LogP contribution in [0.1, 0.15) is 24.9 Å². The number of ether oxygens (including phenoxy) is 1. The van der Waals surface area contributed by atoms with Gasteiger partial charge in [-0.1, -0.05) is 23.7 Å². The van der Waals surface area contributed by atoms with Crippen molar-refractivity contribution in [2.24, 2.45) is 5.73 Å². The summed E-state index contributed by atoms with van der Waals surface area (Å²) in [6.45, 7) is 2.24. The number of methoxy groups -OCH3 is 1. The van der Waals surface area contributed by atoms with Crippen LogP contribution in [0.3, 0.4) is 0 Å². The van der Waals surface area contributed by atoms with E-state index in [4.69, 9.17) is 22.1 Å². The van der Waals surface area contributed by atoms with Crippen molar-refractivity contribution in [2.45, 2.75) is 25.5 Å². The molecule has 3 N–H and O–H groups in total. The Hall–Kier alpha value is -1.10. The number of carbonyl (C=O) groups excluding carboxylic acids is 1. The molecule has 1 aromatic carbocycles. The maximum absolute atomic E-state index is 11.8. The minimum atomic E-state index is -0.239. The highest BCUT2D eigenvalue weighted by Crippen LogP contribution is 2.17. The van der Waals surface area contributed by atoms with Crippen LogP contribution in [-0.4, -0.2) is 25.7 Å². The molecule has 0 aliphatic carbocycles. The van der Waals surface area contributed by atoms with Crippen LogP contribution in [0.15, 0.2) is 24.3 Å². The summed E-state index contributed by atoms with van der Waals surface area (Å²) in [5.41, 5.74) is 6.44. The van der Waals surface area contributed by atoms with E-state index in [0.29, 0.717) is 11.6 Å². The molecule has 1 amide bonds. The van der Waals surface area contributed by atoms with E-state index in [1.807, 2.05) is 25.1 Å². The van der Waals surface area contributed by atoms with Crippen molar-refractivity contribution in [3.8, 4) is 0 Å². The Kier molecular flexibility index (Phi) is 6.12. The van der Waals surface area contributed by atoms with Gasteiger partial charge in [-0.15, -0.1) is 0 Å². The van der Waals surface area contributed by atoms with E-state index >= 15 is 0 Å². The Morgan fingerprint density at radius 1 is 1.56 bits per heavy atom. The smallest absolute Gasteiger partial charge is 0.223 e. The minimum Gasteiger partial charge on any atom is -0.380 e. The number of benzene rings is 1. The molecule has 1 aromatic rings. The quantitative estimate of drug-likeness (QED) is 0.830. The van der Waals surface area contributed by atoms with E-state index in [0.717, 1.165) is 5.56 Å². The number of nitrogens with two attached hydrogens (primary N) is 1. The second-order valence-electron chi connectivity index (χ2n) is 4.14. The molecule has 2 atom stereocenters. The van der Waals surface area contributed by atoms with Crippen LogP contribution in [0.4, 0.5) is 0 Å². The van der Waals surface area contributed by atoms with Gasteiger partial charge in [0.2, 0.25) is 5.91 Å². The summed E-state index contributed by atoms with van der Waals surface area (Å²) in [4.78, 5) is 11.8. The predicted molar refractivity (Wildman–Crippen MR) is 72.5 cm³/mol. The molecule has 0 fully saturated rings. The van der Waals surface area contributed by atoms with Gasteiger partial charge in [0.15, 0.2) is 0 Å². The zero-order valence-corrected chi connectivity index (χ0v) is 11.4. The second-order valence-corrected chi connectivity index (χ2v) is 4.58. The van der Waals surface area contributed by atoms with Crippen molar-refractivity contribution in [1.29, 1.82) is 0 Å². The van der Waals surface area contributed by atoms with Crippen molar-refractivity contribution >= 4 is 17.5 Å². The molecule has 0 saturated heterocycles. The van der Waals surface area contributed by atoms with Gasteiger partial charge in [0, 0.05) is 18.7 Å². The van der Waals surface area contributed by atoms with Gasteiger partial charge in [-0.2, -0.15) is 0 Å². The predicted octanol–water partition coefficient (Wildman–Crippen LogP) is 1.88. The Labute approximate surface area is 112 Å². The topological polar surface area (TPSA) is 64.3 Å². The molecule has 1 unspecified atom stereocenters. The molecule has 18 heavy (non-hydrogen) atoms. The molecule has 0 radical (unpaired) electrons. The first-order valence-corrected chi connectivity index (χ1v) is 6.22. The fourth-order valence-corrected chi connectivity index (χ4v) is 1.83. The lowest BCUT2D eigenvalue weighted by Gasteiger charge is -2.17. The van der Waals surface area contributed by atoms with Gasteiger partial charge < -0.3 is 15.8 Å². The van der Waals surface area contributed by atoms with Crippen LogP contribution >= 0.6 is 11.6 Å². The van der Waals surface area contributed by atoms with Crippen molar-refractivity contribution in [1.82, 2.24) is 5.32 Å².